The molecule has 1 fully saturated rings. The molecular formula is C9H17NO3. The van der Waals surface area contributed by atoms with Gasteiger partial charge in [0.2, 0.25) is 5.91 Å². The van der Waals surface area contributed by atoms with E-state index in [0.717, 1.165) is 12.8 Å². The third kappa shape index (κ3) is 3.32. The molecule has 0 unspecified atom stereocenters. The van der Waals surface area contributed by atoms with Crippen LogP contribution in [0.1, 0.15) is 12.8 Å². The Balaban J connectivity index is 2.30. The zero-order valence-corrected chi connectivity index (χ0v) is 8.03. The van der Waals surface area contributed by atoms with Crippen LogP contribution in [0.25, 0.3) is 0 Å². The zero-order chi connectivity index (χ0) is 9.68. The van der Waals surface area contributed by atoms with Crippen LogP contribution >= 0.6 is 0 Å². The van der Waals surface area contributed by atoms with Crippen molar-refractivity contribution < 1.29 is 14.6 Å². The van der Waals surface area contributed by atoms with E-state index in [4.69, 9.17) is 9.84 Å². The summed E-state index contributed by atoms with van der Waals surface area (Å²) in [5.41, 5.74) is 0. The van der Waals surface area contributed by atoms with Gasteiger partial charge >= 0.3 is 0 Å². The van der Waals surface area contributed by atoms with Crippen LogP contribution in [0.4, 0.5) is 0 Å². The molecule has 1 aliphatic carbocycles. The number of aliphatic hydroxyl groups is 1. The van der Waals surface area contributed by atoms with Gasteiger partial charge in [-0.1, -0.05) is 0 Å². The van der Waals surface area contributed by atoms with Crippen molar-refractivity contribution in [1.82, 2.24) is 4.90 Å². The van der Waals surface area contributed by atoms with Crippen LogP contribution in [-0.2, 0) is 9.53 Å². The quantitative estimate of drug-likeness (QED) is 0.630. The van der Waals surface area contributed by atoms with E-state index in [1.807, 2.05) is 0 Å². The second-order valence-electron chi connectivity index (χ2n) is 3.32. The van der Waals surface area contributed by atoms with E-state index in [9.17, 15) is 4.79 Å². The largest absolute Gasteiger partial charge is 0.395 e. The first kappa shape index (κ1) is 10.5. The predicted molar refractivity (Wildman–Crippen MR) is 48.3 cm³/mol. The number of methoxy groups -OCH3 is 1. The van der Waals surface area contributed by atoms with Crippen LogP contribution in [0.3, 0.4) is 0 Å². The molecule has 0 aromatic heterocycles. The molecule has 1 saturated carbocycles. The van der Waals surface area contributed by atoms with Crippen LogP contribution < -0.4 is 0 Å². The van der Waals surface area contributed by atoms with Crippen molar-refractivity contribution in [2.24, 2.45) is 5.92 Å². The van der Waals surface area contributed by atoms with Crippen molar-refractivity contribution in [1.29, 1.82) is 0 Å². The van der Waals surface area contributed by atoms with Crippen LogP contribution in [0.5, 0.6) is 0 Å². The lowest BCUT2D eigenvalue weighted by Crippen LogP contribution is -2.37. The molecule has 13 heavy (non-hydrogen) atoms. The maximum absolute atomic E-state index is 11.6. The van der Waals surface area contributed by atoms with Gasteiger partial charge in [0.15, 0.2) is 0 Å². The third-order valence-electron chi connectivity index (χ3n) is 2.17. The Bertz CT molecular complexity index is 168. The first-order valence-electron chi connectivity index (χ1n) is 4.68. The fourth-order valence-corrected chi connectivity index (χ4v) is 1.24. The molecule has 0 aromatic carbocycles. The molecule has 0 spiro atoms. The van der Waals surface area contributed by atoms with Gasteiger partial charge in [0.25, 0.3) is 0 Å². The van der Waals surface area contributed by atoms with Crippen molar-refractivity contribution in [2.45, 2.75) is 12.8 Å². The van der Waals surface area contributed by atoms with Gasteiger partial charge in [-0.3, -0.25) is 4.79 Å². The summed E-state index contributed by atoms with van der Waals surface area (Å²) >= 11 is 0. The molecule has 0 aliphatic heterocycles. The summed E-state index contributed by atoms with van der Waals surface area (Å²) in [6.45, 7) is 1.59. The number of hydrogen-bond donors (Lipinski definition) is 1. The molecule has 0 aromatic rings. The fourth-order valence-electron chi connectivity index (χ4n) is 1.24. The minimum absolute atomic E-state index is 0.0299. The summed E-state index contributed by atoms with van der Waals surface area (Å²) in [6.07, 6.45) is 2.02. The SMILES string of the molecule is COCCN(CCO)C(=O)C1CC1. The third-order valence-corrected chi connectivity index (χ3v) is 2.17. The van der Waals surface area contributed by atoms with Gasteiger partial charge in [0, 0.05) is 26.1 Å². The highest BCUT2D eigenvalue weighted by Crippen LogP contribution is 2.30. The number of hydrogen-bond acceptors (Lipinski definition) is 3. The highest BCUT2D eigenvalue weighted by atomic mass is 16.5. The lowest BCUT2D eigenvalue weighted by Gasteiger charge is -2.20. The van der Waals surface area contributed by atoms with E-state index < -0.39 is 0 Å². The fraction of sp³-hybridized carbons (Fsp3) is 0.889. The molecule has 0 atom stereocenters. The first-order valence-corrected chi connectivity index (χ1v) is 4.68. The Morgan fingerprint density at radius 3 is 2.69 bits per heavy atom. The van der Waals surface area contributed by atoms with Gasteiger partial charge in [-0.2, -0.15) is 0 Å². The van der Waals surface area contributed by atoms with E-state index in [1.165, 1.54) is 0 Å². The number of amides is 1. The Labute approximate surface area is 78.5 Å². The van der Waals surface area contributed by atoms with Crippen LogP contribution in [0.2, 0.25) is 0 Å². The number of carbonyl (C=O) groups is 1. The summed E-state index contributed by atoms with van der Waals surface area (Å²) < 4.78 is 4.89. The lowest BCUT2D eigenvalue weighted by atomic mass is 10.3. The minimum Gasteiger partial charge on any atom is -0.395 e. The number of carbonyl (C=O) groups excluding carboxylic acids is 1. The normalized spacial score (nSPS) is 15.8. The van der Waals surface area contributed by atoms with Gasteiger partial charge in [-0.15, -0.1) is 0 Å². The van der Waals surface area contributed by atoms with Crippen molar-refractivity contribution in [2.75, 3.05) is 33.4 Å². The summed E-state index contributed by atoms with van der Waals surface area (Å²) in [7, 11) is 1.61. The summed E-state index contributed by atoms with van der Waals surface area (Å²) in [5, 5.41) is 8.75. The van der Waals surface area contributed by atoms with Crippen molar-refractivity contribution in [3.63, 3.8) is 0 Å². The maximum atomic E-state index is 11.6. The van der Waals surface area contributed by atoms with E-state index in [-0.39, 0.29) is 18.4 Å². The van der Waals surface area contributed by atoms with Gasteiger partial charge in [0.05, 0.1) is 13.2 Å². The molecule has 4 nitrogen and oxygen atoms in total. The molecule has 1 amide bonds. The molecule has 0 heterocycles. The van der Waals surface area contributed by atoms with Crippen molar-refractivity contribution >= 4 is 5.91 Å². The second-order valence-corrected chi connectivity index (χ2v) is 3.32. The van der Waals surface area contributed by atoms with E-state index in [1.54, 1.807) is 12.0 Å². The number of rotatable bonds is 6. The standard InChI is InChI=1S/C9H17NO3/c1-13-7-5-10(4-6-11)9(12)8-2-3-8/h8,11H,2-7H2,1H3. The average molecular weight is 187 g/mol. The molecule has 76 valence electrons. The van der Waals surface area contributed by atoms with Crippen molar-refractivity contribution in [3.8, 4) is 0 Å². The van der Waals surface area contributed by atoms with Gasteiger partial charge in [-0.05, 0) is 12.8 Å². The summed E-state index contributed by atoms with van der Waals surface area (Å²) in [4.78, 5) is 13.2. The first-order chi connectivity index (χ1) is 6.29. The molecule has 1 N–H and O–H groups in total. The molecule has 1 rings (SSSR count). The van der Waals surface area contributed by atoms with E-state index in [0.29, 0.717) is 19.7 Å². The van der Waals surface area contributed by atoms with Gasteiger partial charge < -0.3 is 14.7 Å². The molecule has 0 bridgehead atoms. The molecule has 0 radical (unpaired) electrons. The molecular weight excluding hydrogens is 170 g/mol. The Kier molecular flexibility index (Phi) is 4.18. The molecule has 4 heteroatoms. The minimum atomic E-state index is 0.0299. The Hall–Kier alpha value is -0.610. The topological polar surface area (TPSA) is 49.8 Å². The number of nitrogens with zero attached hydrogens (tertiary/aromatic N) is 1. The number of ether oxygens (including phenoxy) is 1. The van der Waals surface area contributed by atoms with E-state index in [2.05, 4.69) is 0 Å². The summed E-state index contributed by atoms with van der Waals surface area (Å²) in [5.74, 6) is 0.398. The zero-order valence-electron chi connectivity index (χ0n) is 8.03. The molecule has 0 saturated heterocycles. The van der Waals surface area contributed by atoms with Crippen molar-refractivity contribution in [3.05, 3.63) is 0 Å². The van der Waals surface area contributed by atoms with Crippen LogP contribution in [-0.4, -0.2) is 49.3 Å². The monoisotopic (exact) mass is 187 g/mol. The summed E-state index contributed by atoms with van der Waals surface area (Å²) in [6, 6.07) is 0. The highest BCUT2D eigenvalue weighted by Gasteiger charge is 2.32. The second kappa shape index (κ2) is 5.19. The Morgan fingerprint density at radius 2 is 2.23 bits per heavy atom. The van der Waals surface area contributed by atoms with Gasteiger partial charge in [0.1, 0.15) is 0 Å². The van der Waals surface area contributed by atoms with Crippen LogP contribution in [0, 0.1) is 5.92 Å². The highest BCUT2D eigenvalue weighted by molar-refractivity contribution is 5.81. The lowest BCUT2D eigenvalue weighted by molar-refractivity contribution is -0.133. The predicted octanol–water partition coefficient (Wildman–Crippen LogP) is -0.136. The Morgan fingerprint density at radius 1 is 1.54 bits per heavy atom. The van der Waals surface area contributed by atoms with Gasteiger partial charge in [-0.25, -0.2) is 0 Å². The van der Waals surface area contributed by atoms with Crippen LogP contribution in [0.15, 0.2) is 0 Å². The number of aliphatic hydroxyl groups excluding tert-OH is 1. The average Bonchev–Trinajstić information content (AvgIpc) is 2.94. The molecule has 1 aliphatic rings. The van der Waals surface area contributed by atoms with E-state index >= 15 is 0 Å². The maximum Gasteiger partial charge on any atom is 0.225 e. The smallest absolute Gasteiger partial charge is 0.225 e.